The molecule has 0 saturated heterocycles. The Morgan fingerprint density at radius 2 is 1.81 bits per heavy atom. The zero-order chi connectivity index (χ0) is 14.9. The monoisotopic (exact) mass is 293 g/mol. The van der Waals surface area contributed by atoms with E-state index < -0.39 is 0 Å². The summed E-state index contributed by atoms with van der Waals surface area (Å²) < 4.78 is 16.9. The summed E-state index contributed by atoms with van der Waals surface area (Å²) in [6.45, 7) is 7.74. The molecule has 0 spiro atoms. The van der Waals surface area contributed by atoms with E-state index in [4.69, 9.17) is 14.2 Å². The third kappa shape index (κ3) is 5.94. The van der Waals surface area contributed by atoms with Crippen LogP contribution in [0.15, 0.2) is 18.2 Å². The van der Waals surface area contributed by atoms with Crippen molar-refractivity contribution in [2.75, 3.05) is 33.0 Å². The highest BCUT2D eigenvalue weighted by atomic mass is 16.5. The molecule has 2 rings (SSSR count). The molecule has 1 aliphatic rings. The van der Waals surface area contributed by atoms with Crippen molar-refractivity contribution in [1.29, 1.82) is 0 Å². The molecule has 1 fully saturated rings. The van der Waals surface area contributed by atoms with Crippen LogP contribution in [0.4, 0.5) is 0 Å². The minimum absolute atomic E-state index is 0.646. The summed E-state index contributed by atoms with van der Waals surface area (Å²) in [6.07, 6.45) is 3.55. The van der Waals surface area contributed by atoms with Crippen LogP contribution in [0.25, 0.3) is 0 Å². The summed E-state index contributed by atoms with van der Waals surface area (Å²) in [4.78, 5) is 0. The molecule has 1 N–H and O–H groups in total. The van der Waals surface area contributed by atoms with Gasteiger partial charge in [0.25, 0.3) is 0 Å². The van der Waals surface area contributed by atoms with Gasteiger partial charge in [0, 0.05) is 12.6 Å². The van der Waals surface area contributed by atoms with Gasteiger partial charge in [0.15, 0.2) is 11.5 Å². The van der Waals surface area contributed by atoms with Crippen molar-refractivity contribution in [1.82, 2.24) is 5.32 Å². The molecule has 0 unspecified atom stereocenters. The zero-order valence-electron chi connectivity index (χ0n) is 13.2. The molecule has 0 bridgehead atoms. The second kappa shape index (κ2) is 8.90. The fourth-order valence-corrected chi connectivity index (χ4v) is 2.17. The SMILES string of the molecule is CCOc1ccc(CCOCCNC2CC2)cc1OCC. The number of hydrogen-bond acceptors (Lipinski definition) is 4. The Kier molecular flexibility index (Phi) is 6.83. The van der Waals surface area contributed by atoms with Crippen LogP contribution < -0.4 is 14.8 Å². The maximum absolute atomic E-state index is 5.66. The van der Waals surface area contributed by atoms with Crippen LogP contribution in [0.1, 0.15) is 32.3 Å². The van der Waals surface area contributed by atoms with Crippen molar-refractivity contribution >= 4 is 0 Å². The Morgan fingerprint density at radius 3 is 2.52 bits per heavy atom. The Labute approximate surface area is 127 Å². The summed E-state index contributed by atoms with van der Waals surface area (Å²) in [5.41, 5.74) is 1.22. The first-order valence-electron chi connectivity index (χ1n) is 8.03. The third-order valence-corrected chi connectivity index (χ3v) is 3.40. The van der Waals surface area contributed by atoms with Crippen LogP contribution in [0.3, 0.4) is 0 Å². The van der Waals surface area contributed by atoms with Crippen molar-refractivity contribution in [3.05, 3.63) is 23.8 Å². The molecule has 21 heavy (non-hydrogen) atoms. The lowest BCUT2D eigenvalue weighted by Gasteiger charge is -2.12. The minimum Gasteiger partial charge on any atom is -0.490 e. The molecule has 1 aromatic carbocycles. The molecule has 0 amide bonds. The minimum atomic E-state index is 0.646. The van der Waals surface area contributed by atoms with E-state index in [0.717, 1.165) is 43.7 Å². The maximum Gasteiger partial charge on any atom is 0.161 e. The highest BCUT2D eigenvalue weighted by Crippen LogP contribution is 2.28. The lowest BCUT2D eigenvalue weighted by Crippen LogP contribution is -2.22. The van der Waals surface area contributed by atoms with Gasteiger partial charge in [-0.3, -0.25) is 0 Å². The zero-order valence-corrected chi connectivity index (χ0v) is 13.2. The Morgan fingerprint density at radius 1 is 1.05 bits per heavy atom. The van der Waals surface area contributed by atoms with Gasteiger partial charge >= 0.3 is 0 Å². The van der Waals surface area contributed by atoms with Crippen molar-refractivity contribution < 1.29 is 14.2 Å². The first-order valence-corrected chi connectivity index (χ1v) is 8.03. The van der Waals surface area contributed by atoms with E-state index in [1.165, 1.54) is 18.4 Å². The lowest BCUT2D eigenvalue weighted by molar-refractivity contribution is 0.138. The van der Waals surface area contributed by atoms with Crippen LogP contribution in [-0.2, 0) is 11.2 Å². The van der Waals surface area contributed by atoms with Crippen LogP contribution in [0.5, 0.6) is 11.5 Å². The van der Waals surface area contributed by atoms with Gasteiger partial charge in [-0.2, -0.15) is 0 Å². The predicted molar refractivity (Wildman–Crippen MR) is 84.3 cm³/mol. The standard InChI is InChI=1S/C17H27NO3/c1-3-20-16-8-5-14(13-17(16)21-4-2)9-11-19-12-10-18-15-6-7-15/h5,8,13,15,18H,3-4,6-7,9-12H2,1-2H3. The largest absolute Gasteiger partial charge is 0.490 e. The highest BCUT2D eigenvalue weighted by molar-refractivity contribution is 5.43. The number of nitrogens with one attached hydrogen (secondary N) is 1. The maximum atomic E-state index is 5.66. The van der Waals surface area contributed by atoms with Gasteiger partial charge in [0.1, 0.15) is 0 Å². The van der Waals surface area contributed by atoms with Gasteiger partial charge in [-0.25, -0.2) is 0 Å². The summed E-state index contributed by atoms with van der Waals surface area (Å²) in [5.74, 6) is 1.64. The van der Waals surface area contributed by atoms with E-state index in [-0.39, 0.29) is 0 Å². The van der Waals surface area contributed by atoms with Crippen LogP contribution in [0, 0.1) is 0 Å². The first kappa shape index (κ1) is 16.1. The Hall–Kier alpha value is -1.26. The normalized spacial score (nSPS) is 14.2. The molecule has 0 aromatic heterocycles. The Bertz CT molecular complexity index is 418. The summed E-state index contributed by atoms with van der Waals surface area (Å²) in [6, 6.07) is 6.88. The second-order valence-corrected chi connectivity index (χ2v) is 5.24. The van der Waals surface area contributed by atoms with Crippen molar-refractivity contribution in [2.24, 2.45) is 0 Å². The van der Waals surface area contributed by atoms with Gasteiger partial charge in [0.2, 0.25) is 0 Å². The Balaban J connectivity index is 1.72. The van der Waals surface area contributed by atoms with Crippen molar-refractivity contribution in [2.45, 2.75) is 39.2 Å². The van der Waals surface area contributed by atoms with Gasteiger partial charge in [0.05, 0.1) is 26.4 Å². The number of rotatable bonds is 11. The van der Waals surface area contributed by atoms with E-state index >= 15 is 0 Å². The van der Waals surface area contributed by atoms with Crippen molar-refractivity contribution in [3.8, 4) is 11.5 Å². The van der Waals surface area contributed by atoms with Crippen molar-refractivity contribution in [3.63, 3.8) is 0 Å². The molecule has 4 nitrogen and oxygen atoms in total. The van der Waals surface area contributed by atoms with E-state index in [2.05, 4.69) is 17.4 Å². The quantitative estimate of drug-likeness (QED) is 0.637. The molecule has 1 saturated carbocycles. The molecule has 4 heteroatoms. The van der Waals surface area contributed by atoms with Gasteiger partial charge in [-0.1, -0.05) is 6.07 Å². The summed E-state index contributed by atoms with van der Waals surface area (Å²) in [5, 5.41) is 3.44. The van der Waals surface area contributed by atoms with Crippen LogP contribution in [-0.4, -0.2) is 39.0 Å². The van der Waals surface area contributed by atoms with E-state index in [1.54, 1.807) is 0 Å². The fraction of sp³-hybridized carbons (Fsp3) is 0.647. The molecular weight excluding hydrogens is 266 g/mol. The van der Waals surface area contributed by atoms with Gasteiger partial charge < -0.3 is 19.5 Å². The van der Waals surface area contributed by atoms with E-state index in [9.17, 15) is 0 Å². The van der Waals surface area contributed by atoms with Gasteiger partial charge in [-0.15, -0.1) is 0 Å². The second-order valence-electron chi connectivity index (χ2n) is 5.24. The number of benzene rings is 1. The highest BCUT2D eigenvalue weighted by Gasteiger charge is 2.19. The molecular formula is C17H27NO3. The third-order valence-electron chi connectivity index (χ3n) is 3.40. The average molecular weight is 293 g/mol. The number of hydrogen-bond donors (Lipinski definition) is 1. The van der Waals surface area contributed by atoms with Crippen LogP contribution >= 0.6 is 0 Å². The molecule has 0 radical (unpaired) electrons. The molecule has 0 atom stereocenters. The van der Waals surface area contributed by atoms with E-state index in [0.29, 0.717) is 13.2 Å². The van der Waals surface area contributed by atoms with E-state index in [1.807, 2.05) is 19.9 Å². The molecule has 0 heterocycles. The molecule has 1 aliphatic carbocycles. The molecule has 1 aromatic rings. The molecule has 0 aliphatic heterocycles. The topological polar surface area (TPSA) is 39.7 Å². The summed E-state index contributed by atoms with van der Waals surface area (Å²) in [7, 11) is 0. The summed E-state index contributed by atoms with van der Waals surface area (Å²) >= 11 is 0. The fourth-order valence-electron chi connectivity index (χ4n) is 2.17. The van der Waals surface area contributed by atoms with Crippen LogP contribution in [0.2, 0.25) is 0 Å². The predicted octanol–water partition coefficient (Wildman–Crippen LogP) is 2.80. The van der Waals surface area contributed by atoms with Gasteiger partial charge in [-0.05, 0) is 50.8 Å². The smallest absolute Gasteiger partial charge is 0.161 e. The number of ether oxygens (including phenoxy) is 3. The lowest BCUT2D eigenvalue weighted by atomic mass is 10.1. The molecule has 118 valence electrons. The first-order chi connectivity index (χ1) is 10.3. The average Bonchev–Trinajstić information content (AvgIpc) is 3.30.